The summed E-state index contributed by atoms with van der Waals surface area (Å²) in [5, 5.41) is 40.2. The lowest BCUT2D eigenvalue weighted by atomic mass is 9.85. The van der Waals surface area contributed by atoms with Crippen molar-refractivity contribution in [3.8, 4) is 5.75 Å². The van der Waals surface area contributed by atoms with E-state index in [1.54, 1.807) is 6.08 Å². The lowest BCUT2D eigenvalue weighted by Gasteiger charge is -2.43. The maximum atomic E-state index is 13.0. The van der Waals surface area contributed by atoms with E-state index in [2.05, 4.69) is 0 Å². The molecule has 0 amide bonds. The van der Waals surface area contributed by atoms with Gasteiger partial charge in [-0.25, -0.2) is 4.79 Å². The summed E-state index contributed by atoms with van der Waals surface area (Å²) in [6.45, 7) is 1.64. The summed E-state index contributed by atoms with van der Waals surface area (Å²) in [6, 6.07) is 5.79. The lowest BCUT2D eigenvalue weighted by molar-refractivity contribution is -0.344. The molecule has 0 spiro atoms. The Balaban J connectivity index is 1.36. The van der Waals surface area contributed by atoms with Crippen LogP contribution in [0.4, 0.5) is 0 Å². The Morgan fingerprint density at radius 1 is 0.975 bits per heavy atom. The van der Waals surface area contributed by atoms with Crippen molar-refractivity contribution < 1.29 is 68.0 Å². The van der Waals surface area contributed by atoms with Gasteiger partial charge >= 0.3 is 17.9 Å². The fourth-order valence-corrected chi connectivity index (χ4v) is 5.50. The second kappa shape index (κ2) is 11.0. The molecule has 1 aromatic carbocycles. The van der Waals surface area contributed by atoms with Crippen LogP contribution < -0.4 is 4.74 Å². The van der Waals surface area contributed by atoms with E-state index >= 15 is 0 Å². The van der Waals surface area contributed by atoms with Gasteiger partial charge in [0.25, 0.3) is 0 Å². The molecular weight excluding hydrogens is 536 g/mol. The molecular formula is C26H30O14. The van der Waals surface area contributed by atoms with Crippen molar-refractivity contribution in [3.63, 3.8) is 0 Å². The number of esters is 3. The van der Waals surface area contributed by atoms with E-state index in [-0.39, 0.29) is 17.9 Å². The number of benzene rings is 1. The van der Waals surface area contributed by atoms with Gasteiger partial charge in [0.1, 0.15) is 54.6 Å². The molecule has 3 fully saturated rings. The Labute approximate surface area is 227 Å². The Morgan fingerprint density at radius 3 is 2.35 bits per heavy atom. The normalized spacial score (nSPS) is 39.4. The Hall–Kier alpha value is -3.11. The topological polar surface area (TPSA) is 200 Å². The summed E-state index contributed by atoms with van der Waals surface area (Å²) < 4.78 is 39.1. The van der Waals surface area contributed by atoms with Crippen LogP contribution >= 0.6 is 0 Å². The van der Waals surface area contributed by atoms with Crippen molar-refractivity contribution in [1.82, 2.24) is 0 Å². The van der Waals surface area contributed by atoms with Gasteiger partial charge in [0.2, 0.25) is 6.29 Å². The number of rotatable bonds is 8. The van der Waals surface area contributed by atoms with Gasteiger partial charge in [0, 0.05) is 19.8 Å². The summed E-state index contributed by atoms with van der Waals surface area (Å²) in [4.78, 5) is 35.8. The number of fused-ring (bicyclic) bond motifs is 3. The quantitative estimate of drug-likeness (QED) is 0.166. The van der Waals surface area contributed by atoms with E-state index in [1.165, 1.54) is 44.4 Å². The summed E-state index contributed by atoms with van der Waals surface area (Å²) in [7, 11) is 0. The number of hydrogen-bond acceptors (Lipinski definition) is 14. The van der Waals surface area contributed by atoms with Crippen molar-refractivity contribution in [2.24, 2.45) is 11.8 Å². The number of aliphatic hydroxyl groups excluding tert-OH is 4. The van der Waals surface area contributed by atoms with Gasteiger partial charge in [-0.1, -0.05) is 0 Å². The maximum absolute atomic E-state index is 13.0. The number of hydrogen-bond donors (Lipinski definition) is 4. The Morgan fingerprint density at radius 2 is 1.70 bits per heavy atom. The maximum Gasteiger partial charge on any atom is 0.338 e. The third kappa shape index (κ3) is 5.19. The predicted molar refractivity (Wildman–Crippen MR) is 127 cm³/mol. The molecule has 11 atom stereocenters. The van der Waals surface area contributed by atoms with E-state index in [9.17, 15) is 34.8 Å². The van der Waals surface area contributed by atoms with Gasteiger partial charge in [0.15, 0.2) is 6.29 Å². The lowest BCUT2D eigenvalue weighted by Crippen LogP contribution is -2.60. The smallest absolute Gasteiger partial charge is 0.338 e. The zero-order chi connectivity index (χ0) is 28.8. The van der Waals surface area contributed by atoms with Gasteiger partial charge in [-0.15, -0.1) is 0 Å². The summed E-state index contributed by atoms with van der Waals surface area (Å²) >= 11 is 0. The molecule has 4 N–H and O–H groups in total. The van der Waals surface area contributed by atoms with Crippen LogP contribution in [0.2, 0.25) is 0 Å². The average Bonchev–Trinajstić information content (AvgIpc) is 3.59. The third-order valence-corrected chi connectivity index (χ3v) is 7.45. The van der Waals surface area contributed by atoms with Crippen LogP contribution in [0.15, 0.2) is 36.6 Å². The molecule has 3 aliphatic heterocycles. The fourth-order valence-electron chi connectivity index (χ4n) is 5.50. The minimum absolute atomic E-state index is 0.191. The minimum Gasteiger partial charge on any atom is -0.472 e. The molecule has 3 heterocycles. The van der Waals surface area contributed by atoms with E-state index in [0.717, 1.165) is 0 Å². The van der Waals surface area contributed by atoms with Gasteiger partial charge in [-0.3, -0.25) is 9.59 Å². The first-order chi connectivity index (χ1) is 19.1. The SMILES string of the molecule is CC(=O)OC[C@]12O[C@H]1[C@@H](OC(=O)c1ccc(OC(C)=O)cc1)[C@@H]1C=CO[C@H](O[C@@H]3O[C@H](CO)[C@@H](O)[C@H](O)[C@H]3O)[C@H]12. The predicted octanol–water partition coefficient (Wildman–Crippen LogP) is -1.23. The van der Waals surface area contributed by atoms with Crippen molar-refractivity contribution in [3.05, 3.63) is 42.2 Å². The Bertz CT molecular complexity index is 1150. The zero-order valence-corrected chi connectivity index (χ0v) is 21.5. The van der Waals surface area contributed by atoms with Crippen LogP contribution in [0, 0.1) is 11.8 Å². The molecule has 40 heavy (non-hydrogen) atoms. The monoisotopic (exact) mass is 566 g/mol. The zero-order valence-electron chi connectivity index (χ0n) is 21.5. The van der Waals surface area contributed by atoms with Crippen LogP contribution in [0.1, 0.15) is 24.2 Å². The third-order valence-electron chi connectivity index (χ3n) is 7.45. The van der Waals surface area contributed by atoms with Crippen LogP contribution in [-0.4, -0.2) is 106 Å². The first-order valence-corrected chi connectivity index (χ1v) is 12.6. The van der Waals surface area contributed by atoms with E-state index in [1.807, 2.05) is 0 Å². The standard InChI is InChI=1S/C26H30O14/c1-11(28)35-10-26-17-15(7-8-34-24(17)39-25-20(32)19(31)18(30)16(9-27)37-25)21(22(26)40-26)38-23(33)13-3-5-14(6-4-13)36-12(2)29/h3-8,15-22,24-25,27,30-32H,9-10H2,1-2H3/t15-,16-,17+,18-,19+,20-,21+,22+,24-,25+,26-/m1/s1. The van der Waals surface area contributed by atoms with Crippen LogP contribution in [0.3, 0.4) is 0 Å². The molecule has 0 aromatic heterocycles. The first kappa shape index (κ1) is 28.4. The molecule has 1 aromatic rings. The van der Waals surface area contributed by atoms with Gasteiger partial charge in [-0.05, 0) is 30.3 Å². The van der Waals surface area contributed by atoms with Crippen LogP contribution in [0.5, 0.6) is 5.75 Å². The largest absolute Gasteiger partial charge is 0.472 e. The summed E-state index contributed by atoms with van der Waals surface area (Å²) in [6.07, 6.45) is -7.39. The number of ether oxygens (including phenoxy) is 7. The summed E-state index contributed by atoms with van der Waals surface area (Å²) in [5.41, 5.74) is -0.972. The van der Waals surface area contributed by atoms with Crippen molar-refractivity contribution >= 4 is 17.9 Å². The van der Waals surface area contributed by atoms with Gasteiger partial charge in [0.05, 0.1) is 24.4 Å². The van der Waals surface area contributed by atoms with E-state index < -0.39 is 91.2 Å². The summed E-state index contributed by atoms with van der Waals surface area (Å²) in [5.74, 6) is -2.75. The second-order valence-corrected chi connectivity index (χ2v) is 10.0. The highest BCUT2D eigenvalue weighted by atomic mass is 16.8. The molecule has 14 heteroatoms. The molecule has 5 rings (SSSR count). The van der Waals surface area contributed by atoms with Crippen LogP contribution in [0.25, 0.3) is 0 Å². The first-order valence-electron chi connectivity index (χ1n) is 12.6. The number of carbonyl (C=O) groups excluding carboxylic acids is 3. The van der Waals surface area contributed by atoms with E-state index in [4.69, 9.17) is 33.2 Å². The molecule has 0 unspecified atom stereocenters. The number of carbonyl (C=O) groups is 3. The number of epoxide rings is 1. The molecule has 14 nitrogen and oxygen atoms in total. The fraction of sp³-hybridized carbons (Fsp3) is 0.577. The van der Waals surface area contributed by atoms with Gasteiger partial charge < -0.3 is 53.6 Å². The highest BCUT2D eigenvalue weighted by Crippen LogP contribution is 2.61. The van der Waals surface area contributed by atoms with Crippen molar-refractivity contribution in [2.45, 2.75) is 68.7 Å². The van der Waals surface area contributed by atoms with Crippen molar-refractivity contribution in [2.75, 3.05) is 13.2 Å². The molecule has 2 saturated heterocycles. The molecule has 0 bridgehead atoms. The molecule has 1 aliphatic carbocycles. The van der Waals surface area contributed by atoms with Crippen molar-refractivity contribution in [1.29, 1.82) is 0 Å². The molecule has 0 radical (unpaired) electrons. The second-order valence-electron chi connectivity index (χ2n) is 10.0. The van der Waals surface area contributed by atoms with E-state index in [0.29, 0.717) is 0 Å². The highest BCUT2D eigenvalue weighted by Gasteiger charge is 2.78. The average molecular weight is 567 g/mol. The van der Waals surface area contributed by atoms with Gasteiger partial charge in [-0.2, -0.15) is 0 Å². The molecule has 218 valence electrons. The Kier molecular flexibility index (Phi) is 7.85. The highest BCUT2D eigenvalue weighted by molar-refractivity contribution is 5.89. The molecule has 4 aliphatic rings. The number of aliphatic hydroxyl groups is 4. The minimum atomic E-state index is -1.68. The van der Waals surface area contributed by atoms with Crippen LogP contribution in [-0.2, 0) is 38.0 Å². The molecule has 1 saturated carbocycles.